The second-order valence-corrected chi connectivity index (χ2v) is 8.87. The summed E-state index contributed by atoms with van der Waals surface area (Å²) in [7, 11) is 3.12. The molecule has 1 fully saturated rings. The van der Waals surface area contributed by atoms with Crippen molar-refractivity contribution in [2.75, 3.05) is 53.6 Å². The maximum atomic E-state index is 13.4. The number of rotatable bonds is 11. The first-order valence-corrected chi connectivity index (χ1v) is 12.1. The van der Waals surface area contributed by atoms with Crippen LogP contribution < -0.4 is 14.8 Å². The number of methoxy groups -OCH3 is 2. The van der Waals surface area contributed by atoms with Crippen LogP contribution in [0.4, 0.5) is 0 Å². The van der Waals surface area contributed by atoms with Crippen LogP contribution in [0.15, 0.2) is 42.5 Å². The Bertz CT molecular complexity index is 979. The molecule has 1 aliphatic rings. The van der Waals surface area contributed by atoms with E-state index in [-0.39, 0.29) is 18.2 Å². The summed E-state index contributed by atoms with van der Waals surface area (Å²) in [5, 5.41) is 3.60. The third kappa shape index (κ3) is 7.85. The van der Waals surface area contributed by atoms with Crippen molar-refractivity contribution in [1.82, 2.24) is 15.1 Å². The highest BCUT2D eigenvalue weighted by Gasteiger charge is 2.26. The first kappa shape index (κ1) is 26.8. The molecule has 35 heavy (non-hydrogen) atoms. The van der Waals surface area contributed by atoms with Crippen LogP contribution in [0.3, 0.4) is 0 Å². The van der Waals surface area contributed by atoms with Crippen molar-refractivity contribution in [3.05, 3.63) is 58.6 Å². The summed E-state index contributed by atoms with van der Waals surface area (Å²) in [6.45, 7) is 6.46. The Kier molecular flexibility index (Phi) is 10.2. The van der Waals surface area contributed by atoms with Crippen LogP contribution in [0.1, 0.15) is 18.1 Å². The molecule has 2 aromatic rings. The third-order valence-electron chi connectivity index (χ3n) is 6.07. The molecule has 1 N–H and O–H groups in total. The Morgan fingerprint density at radius 3 is 2.37 bits per heavy atom. The van der Waals surface area contributed by atoms with Gasteiger partial charge in [0.1, 0.15) is 6.04 Å². The number of benzene rings is 2. The van der Waals surface area contributed by atoms with Gasteiger partial charge in [0.05, 0.1) is 33.9 Å². The zero-order chi connectivity index (χ0) is 25.2. The lowest BCUT2D eigenvalue weighted by atomic mass is 10.1. The molecule has 9 heteroatoms. The molecule has 8 nitrogen and oxygen atoms in total. The van der Waals surface area contributed by atoms with E-state index in [0.29, 0.717) is 42.8 Å². The summed E-state index contributed by atoms with van der Waals surface area (Å²) in [4.78, 5) is 30.3. The Balaban J connectivity index is 1.70. The SMILES string of the molecule is COc1ccc(CC(=O)N(Cc2ccc(Cl)cc2)[C@@H](C)C(=O)NCCN2CCOCC2)cc1OC. The number of ether oxygens (including phenoxy) is 3. The highest BCUT2D eigenvalue weighted by molar-refractivity contribution is 6.30. The van der Waals surface area contributed by atoms with Crippen LogP contribution in [0, 0.1) is 0 Å². The summed E-state index contributed by atoms with van der Waals surface area (Å²) < 4.78 is 16.0. The van der Waals surface area contributed by atoms with Gasteiger partial charge < -0.3 is 24.4 Å². The maximum absolute atomic E-state index is 13.4. The standard InChI is InChI=1S/C26H34ClN3O5/c1-19(26(32)28-10-11-29-12-14-35-15-13-29)30(18-20-4-7-22(27)8-5-20)25(31)17-21-6-9-23(33-2)24(16-21)34-3/h4-9,16,19H,10-15,17-18H2,1-3H3,(H,28,32)/t19-/m0/s1. The molecule has 0 aliphatic carbocycles. The number of hydrogen-bond acceptors (Lipinski definition) is 6. The Morgan fingerprint density at radius 2 is 1.71 bits per heavy atom. The van der Waals surface area contributed by atoms with Gasteiger partial charge in [-0.2, -0.15) is 0 Å². The summed E-state index contributed by atoms with van der Waals surface area (Å²) in [5.74, 6) is 0.793. The van der Waals surface area contributed by atoms with Crippen molar-refractivity contribution in [1.29, 1.82) is 0 Å². The minimum absolute atomic E-state index is 0.124. The largest absolute Gasteiger partial charge is 0.493 e. The molecule has 1 aliphatic heterocycles. The number of halogens is 1. The zero-order valence-corrected chi connectivity index (χ0v) is 21.3. The van der Waals surface area contributed by atoms with Crippen molar-refractivity contribution in [3.8, 4) is 11.5 Å². The van der Waals surface area contributed by atoms with Gasteiger partial charge in [-0.15, -0.1) is 0 Å². The molecule has 0 spiro atoms. The minimum atomic E-state index is -0.650. The molecule has 0 bridgehead atoms. The Hall–Kier alpha value is -2.81. The monoisotopic (exact) mass is 503 g/mol. The van der Waals surface area contributed by atoms with Crippen LogP contribution in [0.2, 0.25) is 5.02 Å². The van der Waals surface area contributed by atoms with E-state index in [1.807, 2.05) is 18.2 Å². The average Bonchev–Trinajstić information content (AvgIpc) is 2.88. The number of amides is 2. The van der Waals surface area contributed by atoms with Gasteiger partial charge in [-0.1, -0.05) is 29.8 Å². The molecular weight excluding hydrogens is 470 g/mol. The number of carbonyl (C=O) groups excluding carboxylic acids is 2. The molecular formula is C26H34ClN3O5. The number of hydrogen-bond donors (Lipinski definition) is 1. The lowest BCUT2D eigenvalue weighted by Gasteiger charge is -2.30. The fourth-order valence-electron chi connectivity index (χ4n) is 3.95. The first-order chi connectivity index (χ1) is 16.9. The molecule has 1 heterocycles. The summed E-state index contributed by atoms with van der Waals surface area (Å²) in [6, 6.07) is 12.0. The Morgan fingerprint density at radius 1 is 1.06 bits per heavy atom. The van der Waals surface area contributed by atoms with Gasteiger partial charge in [-0.05, 0) is 42.3 Å². The van der Waals surface area contributed by atoms with E-state index < -0.39 is 6.04 Å². The predicted molar refractivity (Wildman–Crippen MR) is 135 cm³/mol. The van der Waals surface area contributed by atoms with Gasteiger partial charge >= 0.3 is 0 Å². The molecule has 0 unspecified atom stereocenters. The van der Waals surface area contributed by atoms with Crippen molar-refractivity contribution in [2.24, 2.45) is 0 Å². The normalized spacial score (nSPS) is 14.7. The van der Waals surface area contributed by atoms with E-state index in [2.05, 4.69) is 10.2 Å². The lowest BCUT2D eigenvalue weighted by Crippen LogP contribution is -2.49. The number of nitrogens with zero attached hydrogens (tertiary/aromatic N) is 2. The summed E-state index contributed by atoms with van der Waals surface area (Å²) >= 11 is 6.03. The van der Waals surface area contributed by atoms with Gasteiger partial charge in [-0.3, -0.25) is 14.5 Å². The molecule has 3 rings (SSSR count). The van der Waals surface area contributed by atoms with Gasteiger partial charge in [0.25, 0.3) is 0 Å². The van der Waals surface area contributed by atoms with E-state index in [4.69, 9.17) is 25.8 Å². The van der Waals surface area contributed by atoms with Crippen LogP contribution >= 0.6 is 11.6 Å². The maximum Gasteiger partial charge on any atom is 0.242 e. The predicted octanol–water partition coefficient (Wildman–Crippen LogP) is 2.77. The van der Waals surface area contributed by atoms with Crippen molar-refractivity contribution in [2.45, 2.75) is 25.9 Å². The van der Waals surface area contributed by atoms with Gasteiger partial charge in [-0.25, -0.2) is 0 Å². The van der Waals surface area contributed by atoms with Crippen molar-refractivity contribution >= 4 is 23.4 Å². The van der Waals surface area contributed by atoms with Gasteiger partial charge in [0, 0.05) is 37.7 Å². The van der Waals surface area contributed by atoms with Crippen LogP contribution in [-0.2, 0) is 27.3 Å². The molecule has 2 aromatic carbocycles. The van der Waals surface area contributed by atoms with Crippen LogP contribution in [-0.4, -0.2) is 81.3 Å². The molecule has 0 saturated carbocycles. The van der Waals surface area contributed by atoms with Gasteiger partial charge in [0.2, 0.25) is 11.8 Å². The van der Waals surface area contributed by atoms with Crippen LogP contribution in [0.5, 0.6) is 11.5 Å². The molecule has 0 aromatic heterocycles. The van der Waals surface area contributed by atoms with Gasteiger partial charge in [0.15, 0.2) is 11.5 Å². The van der Waals surface area contributed by atoms with Crippen molar-refractivity contribution in [3.63, 3.8) is 0 Å². The molecule has 190 valence electrons. The van der Waals surface area contributed by atoms with E-state index in [1.54, 1.807) is 50.3 Å². The smallest absolute Gasteiger partial charge is 0.242 e. The second kappa shape index (κ2) is 13.3. The molecule has 0 radical (unpaired) electrons. The van der Waals surface area contributed by atoms with E-state index in [1.165, 1.54) is 0 Å². The lowest BCUT2D eigenvalue weighted by molar-refractivity contribution is -0.140. The van der Waals surface area contributed by atoms with Crippen LogP contribution in [0.25, 0.3) is 0 Å². The quantitative estimate of drug-likeness (QED) is 0.508. The average molecular weight is 504 g/mol. The highest BCUT2D eigenvalue weighted by Crippen LogP contribution is 2.28. The number of carbonyl (C=O) groups is 2. The summed E-state index contributed by atoms with van der Waals surface area (Å²) in [5.41, 5.74) is 1.66. The second-order valence-electron chi connectivity index (χ2n) is 8.44. The third-order valence-corrected chi connectivity index (χ3v) is 6.32. The molecule has 1 atom stereocenters. The van der Waals surface area contributed by atoms with Crippen molar-refractivity contribution < 1.29 is 23.8 Å². The van der Waals surface area contributed by atoms with E-state index in [0.717, 1.165) is 30.8 Å². The number of nitrogens with one attached hydrogen (secondary N) is 1. The zero-order valence-electron chi connectivity index (χ0n) is 20.6. The summed E-state index contributed by atoms with van der Waals surface area (Å²) in [6.07, 6.45) is 0.124. The topological polar surface area (TPSA) is 80.3 Å². The fourth-order valence-corrected chi connectivity index (χ4v) is 4.07. The number of morpholine rings is 1. The molecule has 2 amide bonds. The first-order valence-electron chi connectivity index (χ1n) is 11.7. The fraction of sp³-hybridized carbons (Fsp3) is 0.462. The minimum Gasteiger partial charge on any atom is -0.493 e. The van der Waals surface area contributed by atoms with E-state index >= 15 is 0 Å². The molecule has 1 saturated heterocycles. The van der Waals surface area contributed by atoms with E-state index in [9.17, 15) is 9.59 Å². The Labute approximate surface area is 212 Å². The highest BCUT2D eigenvalue weighted by atomic mass is 35.5.